The molecule has 0 bridgehead atoms. The van der Waals surface area contributed by atoms with E-state index < -0.39 is 5.60 Å². The normalized spacial score (nSPS) is 24.6. The number of fused-ring (bicyclic) bond motifs is 1. The number of pyridine rings is 1. The molecular formula is C22H26N6O3. The SMILES string of the molecule is C[C@@H]1COCCN1c1cc(C#CC2(O)CCCOCC2)c2cnn(-c3ccn[nH]3)c2n1. The third-order valence-corrected chi connectivity index (χ3v) is 5.87. The molecule has 2 aliphatic rings. The summed E-state index contributed by atoms with van der Waals surface area (Å²) in [7, 11) is 0. The molecular weight excluding hydrogens is 396 g/mol. The summed E-state index contributed by atoms with van der Waals surface area (Å²) in [6, 6.07) is 4.04. The average molecular weight is 422 g/mol. The van der Waals surface area contributed by atoms with Crippen LogP contribution >= 0.6 is 0 Å². The van der Waals surface area contributed by atoms with Crippen LogP contribution in [-0.4, -0.2) is 74.7 Å². The molecule has 5 heterocycles. The van der Waals surface area contributed by atoms with Crippen molar-refractivity contribution in [2.24, 2.45) is 0 Å². The van der Waals surface area contributed by atoms with E-state index in [4.69, 9.17) is 14.5 Å². The van der Waals surface area contributed by atoms with Crippen LogP contribution in [0, 0.1) is 11.8 Å². The Balaban J connectivity index is 1.62. The largest absolute Gasteiger partial charge is 0.381 e. The Bertz CT molecular complexity index is 1110. The number of nitrogens with zero attached hydrogens (tertiary/aromatic N) is 5. The number of hydrogen-bond donors (Lipinski definition) is 2. The van der Waals surface area contributed by atoms with Crippen molar-refractivity contribution in [1.82, 2.24) is 25.0 Å². The summed E-state index contributed by atoms with van der Waals surface area (Å²) in [5, 5.41) is 23.3. The van der Waals surface area contributed by atoms with E-state index in [1.165, 1.54) is 0 Å². The van der Waals surface area contributed by atoms with Gasteiger partial charge in [-0.15, -0.1) is 0 Å². The molecule has 0 aromatic carbocycles. The van der Waals surface area contributed by atoms with Crippen molar-refractivity contribution in [1.29, 1.82) is 0 Å². The van der Waals surface area contributed by atoms with Crippen LogP contribution in [0.25, 0.3) is 16.9 Å². The van der Waals surface area contributed by atoms with Gasteiger partial charge in [-0.3, -0.25) is 5.10 Å². The summed E-state index contributed by atoms with van der Waals surface area (Å²) in [5.74, 6) is 7.93. The number of rotatable bonds is 2. The van der Waals surface area contributed by atoms with E-state index in [1.807, 2.05) is 12.1 Å². The van der Waals surface area contributed by atoms with Crippen LogP contribution in [-0.2, 0) is 9.47 Å². The number of H-pyrrole nitrogens is 1. The maximum Gasteiger partial charge on any atom is 0.168 e. The number of morpholine rings is 1. The van der Waals surface area contributed by atoms with Gasteiger partial charge in [-0.05, 0) is 25.8 Å². The second-order valence-electron chi connectivity index (χ2n) is 8.13. The Morgan fingerprint density at radius 2 is 2.19 bits per heavy atom. The summed E-state index contributed by atoms with van der Waals surface area (Å²) in [5.41, 5.74) is 0.446. The summed E-state index contributed by atoms with van der Waals surface area (Å²) >= 11 is 0. The van der Waals surface area contributed by atoms with Crippen molar-refractivity contribution in [3.8, 4) is 17.7 Å². The lowest BCUT2D eigenvalue weighted by molar-refractivity contribution is 0.0715. The molecule has 3 aromatic heterocycles. The Kier molecular flexibility index (Phi) is 5.36. The number of hydrogen-bond acceptors (Lipinski definition) is 7. The Morgan fingerprint density at radius 1 is 1.26 bits per heavy atom. The van der Waals surface area contributed by atoms with Crippen molar-refractivity contribution in [2.45, 2.75) is 37.8 Å². The fourth-order valence-corrected chi connectivity index (χ4v) is 4.09. The predicted octanol–water partition coefficient (Wildman–Crippen LogP) is 1.65. The maximum atomic E-state index is 11.0. The fourth-order valence-electron chi connectivity index (χ4n) is 4.09. The van der Waals surface area contributed by atoms with E-state index in [9.17, 15) is 5.11 Å². The van der Waals surface area contributed by atoms with Gasteiger partial charge in [0.15, 0.2) is 11.5 Å². The zero-order valence-electron chi connectivity index (χ0n) is 17.5. The predicted molar refractivity (Wildman–Crippen MR) is 115 cm³/mol. The molecule has 2 aliphatic heterocycles. The van der Waals surface area contributed by atoms with E-state index in [-0.39, 0.29) is 6.04 Å². The van der Waals surface area contributed by atoms with Crippen molar-refractivity contribution in [2.75, 3.05) is 37.9 Å². The summed E-state index contributed by atoms with van der Waals surface area (Å²) in [4.78, 5) is 7.15. The lowest BCUT2D eigenvalue weighted by atomic mass is 9.95. The van der Waals surface area contributed by atoms with Crippen LogP contribution in [0.4, 0.5) is 5.82 Å². The molecule has 0 aliphatic carbocycles. The van der Waals surface area contributed by atoms with Gasteiger partial charge in [0.1, 0.15) is 11.4 Å². The quantitative estimate of drug-likeness (QED) is 0.606. The van der Waals surface area contributed by atoms with Gasteiger partial charge in [-0.2, -0.15) is 14.9 Å². The number of aromatic amines is 1. The minimum atomic E-state index is -1.04. The Labute approximate surface area is 180 Å². The molecule has 0 spiro atoms. The average Bonchev–Trinajstić information content (AvgIpc) is 3.40. The van der Waals surface area contributed by atoms with Gasteiger partial charge >= 0.3 is 0 Å². The van der Waals surface area contributed by atoms with Crippen molar-refractivity contribution < 1.29 is 14.6 Å². The first-order valence-corrected chi connectivity index (χ1v) is 10.7. The van der Waals surface area contributed by atoms with Crippen LogP contribution in [0.3, 0.4) is 0 Å². The highest BCUT2D eigenvalue weighted by Gasteiger charge is 2.26. The summed E-state index contributed by atoms with van der Waals surface area (Å²) in [6.07, 6.45) is 5.36. The highest BCUT2D eigenvalue weighted by Crippen LogP contribution is 2.27. The third-order valence-electron chi connectivity index (χ3n) is 5.87. The second kappa shape index (κ2) is 8.30. The molecule has 5 rings (SSSR count). The molecule has 2 atom stereocenters. The van der Waals surface area contributed by atoms with E-state index in [0.717, 1.165) is 35.6 Å². The van der Waals surface area contributed by atoms with E-state index in [0.29, 0.717) is 44.9 Å². The first-order chi connectivity index (χ1) is 15.1. The number of aromatic nitrogens is 5. The lowest BCUT2D eigenvalue weighted by Gasteiger charge is -2.34. The second-order valence-corrected chi connectivity index (χ2v) is 8.13. The van der Waals surface area contributed by atoms with E-state index in [2.05, 4.69) is 39.0 Å². The molecule has 1 unspecified atom stereocenters. The minimum Gasteiger partial charge on any atom is -0.381 e. The maximum absolute atomic E-state index is 11.0. The van der Waals surface area contributed by atoms with Crippen molar-refractivity contribution >= 4 is 16.9 Å². The monoisotopic (exact) mass is 422 g/mol. The number of nitrogens with one attached hydrogen (secondary N) is 1. The van der Waals surface area contributed by atoms with Gasteiger partial charge in [0, 0.05) is 31.2 Å². The van der Waals surface area contributed by atoms with Gasteiger partial charge in [0.05, 0.1) is 43.6 Å². The van der Waals surface area contributed by atoms with Gasteiger partial charge in [-0.25, -0.2) is 4.98 Å². The molecule has 2 N–H and O–H groups in total. The molecule has 162 valence electrons. The Morgan fingerprint density at radius 3 is 3.03 bits per heavy atom. The minimum absolute atomic E-state index is 0.200. The number of ether oxygens (including phenoxy) is 2. The molecule has 3 aromatic rings. The smallest absolute Gasteiger partial charge is 0.168 e. The lowest BCUT2D eigenvalue weighted by Crippen LogP contribution is -2.44. The Hall–Kier alpha value is -2.93. The topological polar surface area (TPSA) is 101 Å². The molecule has 9 nitrogen and oxygen atoms in total. The molecule has 2 fully saturated rings. The molecule has 0 saturated carbocycles. The van der Waals surface area contributed by atoms with Crippen molar-refractivity contribution in [3.05, 3.63) is 30.1 Å². The van der Waals surface area contributed by atoms with E-state index >= 15 is 0 Å². The number of anilines is 1. The highest BCUT2D eigenvalue weighted by atomic mass is 16.5. The van der Waals surface area contributed by atoms with Crippen LogP contribution in [0.15, 0.2) is 24.5 Å². The molecule has 0 amide bonds. The van der Waals surface area contributed by atoms with Gasteiger partial charge in [0.25, 0.3) is 0 Å². The molecule has 31 heavy (non-hydrogen) atoms. The fraction of sp³-hybridized carbons (Fsp3) is 0.500. The molecule has 2 saturated heterocycles. The zero-order valence-corrected chi connectivity index (χ0v) is 17.5. The first-order valence-electron chi connectivity index (χ1n) is 10.7. The first kappa shape index (κ1) is 20.0. The van der Waals surface area contributed by atoms with Crippen LogP contribution in [0.5, 0.6) is 0 Å². The van der Waals surface area contributed by atoms with Crippen molar-refractivity contribution in [3.63, 3.8) is 0 Å². The van der Waals surface area contributed by atoms with Gasteiger partial charge in [0.2, 0.25) is 0 Å². The van der Waals surface area contributed by atoms with Gasteiger partial charge in [-0.1, -0.05) is 11.8 Å². The third kappa shape index (κ3) is 4.02. The zero-order chi connectivity index (χ0) is 21.3. The van der Waals surface area contributed by atoms with E-state index in [1.54, 1.807) is 17.1 Å². The van der Waals surface area contributed by atoms with Crippen LogP contribution in [0.1, 0.15) is 31.7 Å². The standard InChI is InChI=1S/C22H26N6O3/c1-16-15-31-12-9-27(16)20-13-17(3-6-22(29)5-2-10-30-11-7-22)18-14-24-28(21(18)25-20)19-4-8-23-26-19/h4,8,13-14,16,29H,2,5,7,9-12,15H2,1H3,(H,23,26)/t16-,22?/m1/s1. The van der Waals surface area contributed by atoms with Crippen LogP contribution < -0.4 is 4.90 Å². The number of aliphatic hydroxyl groups is 1. The molecule has 0 radical (unpaired) electrons. The molecule has 9 heteroatoms. The van der Waals surface area contributed by atoms with Gasteiger partial charge < -0.3 is 19.5 Å². The summed E-state index contributed by atoms with van der Waals surface area (Å²) < 4.78 is 12.8. The van der Waals surface area contributed by atoms with Crippen LogP contribution in [0.2, 0.25) is 0 Å². The summed E-state index contributed by atoms with van der Waals surface area (Å²) in [6.45, 7) is 5.37. The highest BCUT2D eigenvalue weighted by molar-refractivity contribution is 5.85.